The molecule has 1 atom stereocenters. The Morgan fingerprint density at radius 2 is 1.72 bits per heavy atom. The van der Waals surface area contributed by atoms with Crippen molar-refractivity contribution in [2.24, 2.45) is 11.7 Å². The molecule has 7 heteroatoms. The third kappa shape index (κ3) is 4.51. The van der Waals surface area contributed by atoms with Crippen LogP contribution in [0.3, 0.4) is 0 Å². The third-order valence-electron chi connectivity index (χ3n) is 5.92. The molecule has 0 bridgehead atoms. The fourth-order valence-electron chi connectivity index (χ4n) is 4.36. The summed E-state index contributed by atoms with van der Waals surface area (Å²) in [7, 11) is 0. The third-order valence-corrected chi connectivity index (χ3v) is 5.92. The molecule has 3 fully saturated rings. The number of rotatable bonds is 5. The second-order valence-corrected chi connectivity index (χ2v) is 7.60. The highest BCUT2D eigenvalue weighted by Crippen LogP contribution is 2.29. The van der Waals surface area contributed by atoms with E-state index in [1.807, 2.05) is 9.80 Å². The van der Waals surface area contributed by atoms with Crippen LogP contribution in [0, 0.1) is 5.92 Å². The Morgan fingerprint density at radius 1 is 1.04 bits per heavy atom. The molecule has 3 aliphatic rings. The van der Waals surface area contributed by atoms with Crippen LogP contribution in [0.1, 0.15) is 44.9 Å². The molecule has 0 unspecified atom stereocenters. The van der Waals surface area contributed by atoms with Gasteiger partial charge in [-0.2, -0.15) is 0 Å². The lowest BCUT2D eigenvalue weighted by Gasteiger charge is -2.40. The first kappa shape index (κ1) is 18.2. The quantitative estimate of drug-likeness (QED) is 0.767. The lowest BCUT2D eigenvalue weighted by atomic mass is 9.94. The Bertz CT molecular complexity index is 510. The summed E-state index contributed by atoms with van der Waals surface area (Å²) in [5.74, 6) is 0.102. The Morgan fingerprint density at radius 3 is 2.36 bits per heavy atom. The van der Waals surface area contributed by atoms with E-state index in [0.717, 1.165) is 25.9 Å². The van der Waals surface area contributed by atoms with E-state index >= 15 is 0 Å². The number of primary amides is 1. The monoisotopic (exact) mass is 350 g/mol. The van der Waals surface area contributed by atoms with Crippen LogP contribution in [-0.2, 0) is 14.4 Å². The van der Waals surface area contributed by atoms with Gasteiger partial charge in [0.15, 0.2) is 0 Å². The zero-order valence-corrected chi connectivity index (χ0v) is 15.0. The maximum absolute atomic E-state index is 12.9. The van der Waals surface area contributed by atoms with E-state index in [1.54, 1.807) is 0 Å². The number of hydrogen-bond acceptors (Lipinski definition) is 4. The molecule has 3 amide bonds. The van der Waals surface area contributed by atoms with Gasteiger partial charge in [-0.15, -0.1) is 0 Å². The lowest BCUT2D eigenvalue weighted by Crippen LogP contribution is -2.54. The minimum absolute atomic E-state index is 0.0459. The normalized spacial score (nSPS) is 26.2. The van der Waals surface area contributed by atoms with Gasteiger partial charge >= 0.3 is 0 Å². The van der Waals surface area contributed by atoms with Gasteiger partial charge in [0, 0.05) is 58.2 Å². The number of carbonyl (C=O) groups excluding carboxylic acids is 3. The number of likely N-dealkylation sites (tertiary alicyclic amines) is 1. The van der Waals surface area contributed by atoms with Crippen molar-refractivity contribution >= 4 is 17.7 Å². The number of amides is 3. The predicted octanol–water partition coefficient (Wildman–Crippen LogP) is 0.187. The van der Waals surface area contributed by atoms with Gasteiger partial charge in [-0.05, 0) is 19.3 Å². The van der Waals surface area contributed by atoms with E-state index in [9.17, 15) is 14.4 Å². The van der Waals surface area contributed by atoms with Crippen molar-refractivity contribution in [1.82, 2.24) is 14.7 Å². The summed E-state index contributed by atoms with van der Waals surface area (Å²) in [5.41, 5.74) is 5.20. The Hall–Kier alpha value is -1.63. The number of nitrogens with zero attached hydrogens (tertiary/aromatic N) is 3. The van der Waals surface area contributed by atoms with E-state index < -0.39 is 0 Å². The van der Waals surface area contributed by atoms with Crippen molar-refractivity contribution in [2.75, 3.05) is 39.3 Å². The minimum atomic E-state index is -0.280. The molecule has 0 aromatic rings. The molecule has 0 spiro atoms. The molecule has 2 saturated heterocycles. The molecule has 3 rings (SSSR count). The van der Waals surface area contributed by atoms with Gasteiger partial charge in [0.25, 0.3) is 0 Å². The predicted molar refractivity (Wildman–Crippen MR) is 93.5 cm³/mol. The van der Waals surface area contributed by atoms with Crippen LogP contribution in [0.4, 0.5) is 0 Å². The van der Waals surface area contributed by atoms with Crippen LogP contribution in [0.5, 0.6) is 0 Å². The second-order valence-electron chi connectivity index (χ2n) is 7.60. The molecule has 2 N–H and O–H groups in total. The highest BCUT2D eigenvalue weighted by atomic mass is 16.2. The molecule has 1 saturated carbocycles. The molecule has 7 nitrogen and oxygen atoms in total. The summed E-state index contributed by atoms with van der Waals surface area (Å²) in [6, 6.07) is 0.355. The zero-order chi connectivity index (χ0) is 17.8. The van der Waals surface area contributed by atoms with E-state index in [2.05, 4.69) is 4.90 Å². The molecule has 1 aliphatic carbocycles. The Balaban J connectivity index is 1.49. The van der Waals surface area contributed by atoms with Crippen LogP contribution in [-0.4, -0.2) is 77.7 Å². The average molecular weight is 350 g/mol. The fraction of sp³-hybridized carbons (Fsp3) is 0.833. The van der Waals surface area contributed by atoms with Gasteiger partial charge in [0.05, 0.1) is 5.92 Å². The largest absolute Gasteiger partial charge is 0.370 e. The summed E-state index contributed by atoms with van der Waals surface area (Å²) < 4.78 is 0. The Kier molecular flexibility index (Phi) is 5.93. The number of hydrogen-bond donors (Lipinski definition) is 1. The smallest absolute Gasteiger partial charge is 0.227 e. The van der Waals surface area contributed by atoms with E-state index in [-0.39, 0.29) is 23.6 Å². The number of piperidine rings is 1. The molecule has 140 valence electrons. The first-order valence-corrected chi connectivity index (χ1v) is 9.63. The zero-order valence-electron chi connectivity index (χ0n) is 15.0. The molecule has 2 heterocycles. The lowest BCUT2D eigenvalue weighted by molar-refractivity contribution is -0.146. The average Bonchev–Trinajstić information content (AvgIpc) is 3.14. The standard InChI is InChI=1S/C18H30N4O3/c19-16(23)7-8-20-9-11-21(12-10-20)18(25)14-5-6-17(24)22(13-14)15-3-1-2-4-15/h14-15H,1-13H2,(H2,19,23)/t14-/m1/s1. The van der Waals surface area contributed by atoms with E-state index in [4.69, 9.17) is 5.73 Å². The summed E-state index contributed by atoms with van der Waals surface area (Å²) in [6.07, 6.45) is 6.13. The van der Waals surface area contributed by atoms with E-state index in [0.29, 0.717) is 51.5 Å². The minimum Gasteiger partial charge on any atom is -0.370 e. The van der Waals surface area contributed by atoms with Crippen molar-refractivity contribution in [1.29, 1.82) is 0 Å². The summed E-state index contributed by atoms with van der Waals surface area (Å²) in [5, 5.41) is 0. The fourth-order valence-corrected chi connectivity index (χ4v) is 4.36. The van der Waals surface area contributed by atoms with Gasteiger partial charge < -0.3 is 15.5 Å². The van der Waals surface area contributed by atoms with Gasteiger partial charge in [-0.3, -0.25) is 19.3 Å². The molecule has 0 aromatic carbocycles. The maximum Gasteiger partial charge on any atom is 0.227 e. The molecule has 25 heavy (non-hydrogen) atoms. The van der Waals surface area contributed by atoms with Crippen molar-refractivity contribution in [2.45, 2.75) is 51.0 Å². The van der Waals surface area contributed by atoms with E-state index in [1.165, 1.54) is 12.8 Å². The molecule has 0 radical (unpaired) electrons. The van der Waals surface area contributed by atoms with Crippen LogP contribution in [0.2, 0.25) is 0 Å². The molecule has 2 aliphatic heterocycles. The number of carbonyl (C=O) groups is 3. The SMILES string of the molecule is NC(=O)CCN1CCN(C(=O)[C@@H]2CCC(=O)N(C3CCCC3)C2)CC1. The number of nitrogens with two attached hydrogens (primary N) is 1. The van der Waals surface area contributed by atoms with Crippen molar-refractivity contribution in [3.05, 3.63) is 0 Å². The topological polar surface area (TPSA) is 87.0 Å². The molecule has 0 aromatic heterocycles. The summed E-state index contributed by atoms with van der Waals surface area (Å²) >= 11 is 0. The number of piperazine rings is 1. The highest BCUT2D eigenvalue weighted by Gasteiger charge is 2.37. The van der Waals surface area contributed by atoms with Crippen molar-refractivity contribution in [3.63, 3.8) is 0 Å². The van der Waals surface area contributed by atoms with Crippen LogP contribution in [0.25, 0.3) is 0 Å². The summed E-state index contributed by atoms with van der Waals surface area (Å²) in [6.45, 7) is 4.25. The highest BCUT2D eigenvalue weighted by molar-refractivity contribution is 5.84. The van der Waals surface area contributed by atoms with Crippen molar-refractivity contribution < 1.29 is 14.4 Å². The van der Waals surface area contributed by atoms with Crippen LogP contribution >= 0.6 is 0 Å². The molecular formula is C18H30N4O3. The maximum atomic E-state index is 12.9. The molecular weight excluding hydrogens is 320 g/mol. The van der Waals surface area contributed by atoms with Gasteiger partial charge in [-0.1, -0.05) is 12.8 Å². The second kappa shape index (κ2) is 8.17. The van der Waals surface area contributed by atoms with Gasteiger partial charge in [-0.25, -0.2) is 0 Å². The first-order valence-electron chi connectivity index (χ1n) is 9.63. The van der Waals surface area contributed by atoms with Crippen LogP contribution < -0.4 is 5.73 Å². The van der Waals surface area contributed by atoms with Gasteiger partial charge in [0.2, 0.25) is 17.7 Å². The van der Waals surface area contributed by atoms with Crippen LogP contribution in [0.15, 0.2) is 0 Å². The first-order chi connectivity index (χ1) is 12.0. The summed E-state index contributed by atoms with van der Waals surface area (Å²) in [4.78, 5) is 42.1. The Labute approximate surface area is 149 Å². The van der Waals surface area contributed by atoms with Gasteiger partial charge in [0.1, 0.15) is 0 Å². The van der Waals surface area contributed by atoms with Crippen molar-refractivity contribution in [3.8, 4) is 0 Å².